The molecule has 1 aromatic rings. The van der Waals surface area contributed by atoms with Crippen LogP contribution in [0.15, 0.2) is 22.7 Å². The van der Waals surface area contributed by atoms with E-state index in [-0.39, 0.29) is 5.97 Å². The Morgan fingerprint density at radius 3 is 2.29 bits per heavy atom. The number of rotatable bonds is 5. The van der Waals surface area contributed by atoms with Crippen molar-refractivity contribution >= 4 is 21.9 Å². The highest BCUT2D eigenvalue weighted by Crippen LogP contribution is 2.30. The summed E-state index contributed by atoms with van der Waals surface area (Å²) < 4.78 is 12.1. The summed E-state index contributed by atoms with van der Waals surface area (Å²) >= 11 is 3.50. The number of carbonyl (C=O) groups excluding carboxylic acids is 1. The Hall–Kier alpha value is -1.03. The van der Waals surface area contributed by atoms with Gasteiger partial charge in [0.1, 0.15) is 11.4 Å². The van der Waals surface area contributed by atoms with Gasteiger partial charge in [0.15, 0.2) is 5.60 Å². The molecule has 0 radical (unpaired) electrons. The van der Waals surface area contributed by atoms with Gasteiger partial charge in [-0.25, -0.2) is 4.79 Å². The Bertz CT molecular complexity index is 501. The number of hydrogen-bond acceptors (Lipinski definition) is 3. The van der Waals surface area contributed by atoms with Crippen LogP contribution in [0.4, 0.5) is 0 Å². The normalized spacial score (nSPS) is 12.1. The summed E-state index contributed by atoms with van der Waals surface area (Å²) in [6, 6.07) is 5.94. The molecule has 0 aliphatic heterocycles. The van der Waals surface area contributed by atoms with Gasteiger partial charge in [-0.3, -0.25) is 0 Å². The number of ether oxygens (including phenoxy) is 2. The fourth-order valence-corrected chi connectivity index (χ4v) is 2.30. The lowest BCUT2D eigenvalue weighted by Crippen LogP contribution is -2.43. The van der Waals surface area contributed by atoms with Crippen LogP contribution in [0.25, 0.3) is 0 Å². The van der Waals surface area contributed by atoms with E-state index in [9.17, 15) is 4.79 Å². The van der Waals surface area contributed by atoms with Gasteiger partial charge in [0.25, 0.3) is 0 Å². The molecule has 1 aromatic carbocycles. The highest BCUT2D eigenvalue weighted by molar-refractivity contribution is 9.10. The maximum absolute atomic E-state index is 12.2. The van der Waals surface area contributed by atoms with Crippen molar-refractivity contribution in [1.29, 1.82) is 0 Å². The van der Waals surface area contributed by atoms with Crippen LogP contribution in [0.2, 0.25) is 0 Å². The highest BCUT2D eigenvalue weighted by atomic mass is 79.9. The fourth-order valence-electron chi connectivity index (χ4n) is 1.79. The van der Waals surface area contributed by atoms with Crippen LogP contribution in [-0.4, -0.2) is 17.2 Å². The van der Waals surface area contributed by atoms with Crippen LogP contribution in [0.3, 0.4) is 0 Å². The lowest BCUT2D eigenvalue weighted by Gasteiger charge is -2.29. The van der Waals surface area contributed by atoms with Crippen molar-refractivity contribution in [3.05, 3.63) is 28.2 Å². The number of carbonyl (C=O) groups is 1. The Labute approximate surface area is 136 Å². The summed E-state index contributed by atoms with van der Waals surface area (Å²) in [4.78, 5) is 12.2. The van der Waals surface area contributed by atoms with Crippen molar-refractivity contribution in [3.63, 3.8) is 0 Å². The van der Waals surface area contributed by atoms with E-state index in [2.05, 4.69) is 22.9 Å². The van der Waals surface area contributed by atoms with Crippen molar-refractivity contribution in [2.24, 2.45) is 0 Å². The third-order valence-electron chi connectivity index (χ3n) is 2.79. The van der Waals surface area contributed by atoms with Gasteiger partial charge in [0, 0.05) is 0 Å². The standard InChI is InChI=1S/C17H25BrO3/c1-7-8-12-9-10-14(13(18)11-12)20-17(5,6)15(19)21-16(2,3)4/h9-11H,7-8H2,1-6H3. The predicted molar refractivity (Wildman–Crippen MR) is 88.7 cm³/mol. The van der Waals surface area contributed by atoms with E-state index >= 15 is 0 Å². The second kappa shape index (κ2) is 6.82. The minimum absolute atomic E-state index is 0.375. The van der Waals surface area contributed by atoms with Gasteiger partial charge in [-0.15, -0.1) is 0 Å². The first-order chi connectivity index (χ1) is 9.55. The minimum Gasteiger partial charge on any atom is -0.475 e. The fraction of sp³-hybridized carbons (Fsp3) is 0.588. The zero-order valence-corrected chi connectivity index (χ0v) is 15.3. The molecule has 0 spiro atoms. The minimum atomic E-state index is -1.04. The molecule has 0 heterocycles. The van der Waals surface area contributed by atoms with Crippen molar-refractivity contribution in [2.75, 3.05) is 0 Å². The highest BCUT2D eigenvalue weighted by Gasteiger charge is 2.35. The molecule has 4 heteroatoms. The molecule has 21 heavy (non-hydrogen) atoms. The summed E-state index contributed by atoms with van der Waals surface area (Å²) in [5, 5.41) is 0. The molecular weight excluding hydrogens is 332 g/mol. The summed E-state index contributed by atoms with van der Waals surface area (Å²) in [5.74, 6) is 0.269. The Balaban J connectivity index is 2.86. The number of hydrogen-bond donors (Lipinski definition) is 0. The summed E-state index contributed by atoms with van der Waals surface area (Å²) in [7, 11) is 0. The van der Waals surface area contributed by atoms with Crippen LogP contribution in [-0.2, 0) is 16.0 Å². The van der Waals surface area contributed by atoms with E-state index in [0.29, 0.717) is 5.75 Å². The maximum atomic E-state index is 12.2. The van der Waals surface area contributed by atoms with Crippen molar-refractivity contribution in [1.82, 2.24) is 0 Å². The third-order valence-corrected chi connectivity index (χ3v) is 3.41. The SMILES string of the molecule is CCCc1ccc(OC(C)(C)C(=O)OC(C)(C)C)c(Br)c1. The van der Waals surface area contributed by atoms with E-state index in [4.69, 9.17) is 9.47 Å². The third kappa shape index (κ3) is 5.70. The summed E-state index contributed by atoms with van der Waals surface area (Å²) in [5.41, 5.74) is -0.325. The molecule has 0 atom stereocenters. The molecule has 0 unspecified atom stereocenters. The largest absolute Gasteiger partial charge is 0.475 e. The van der Waals surface area contributed by atoms with Crippen LogP contribution in [0.1, 0.15) is 53.5 Å². The first-order valence-corrected chi connectivity index (χ1v) is 8.05. The van der Waals surface area contributed by atoms with Crippen LogP contribution < -0.4 is 4.74 Å². The maximum Gasteiger partial charge on any atom is 0.350 e. The van der Waals surface area contributed by atoms with Gasteiger partial charge in [0.2, 0.25) is 0 Å². The van der Waals surface area contributed by atoms with Gasteiger partial charge in [-0.2, -0.15) is 0 Å². The van der Waals surface area contributed by atoms with E-state index in [1.165, 1.54) is 5.56 Å². The molecular formula is C17H25BrO3. The molecule has 0 aromatic heterocycles. The zero-order valence-electron chi connectivity index (χ0n) is 13.7. The first kappa shape index (κ1) is 18.0. The molecule has 0 saturated heterocycles. The zero-order chi connectivity index (χ0) is 16.3. The number of aryl methyl sites for hydroxylation is 1. The molecule has 0 amide bonds. The number of halogens is 1. The number of esters is 1. The number of benzene rings is 1. The van der Waals surface area contributed by atoms with Crippen molar-refractivity contribution < 1.29 is 14.3 Å². The lowest BCUT2D eigenvalue weighted by molar-refractivity contribution is -0.171. The van der Waals surface area contributed by atoms with E-state index < -0.39 is 11.2 Å². The average Bonchev–Trinajstić information content (AvgIpc) is 2.31. The second-order valence-electron chi connectivity index (χ2n) is 6.63. The first-order valence-electron chi connectivity index (χ1n) is 7.26. The van der Waals surface area contributed by atoms with Gasteiger partial charge >= 0.3 is 5.97 Å². The van der Waals surface area contributed by atoms with E-state index in [0.717, 1.165) is 17.3 Å². The van der Waals surface area contributed by atoms with Gasteiger partial charge in [0.05, 0.1) is 4.47 Å². The Kier molecular flexibility index (Phi) is 5.85. The lowest BCUT2D eigenvalue weighted by atomic mass is 10.1. The topological polar surface area (TPSA) is 35.5 Å². The molecule has 0 N–H and O–H groups in total. The summed E-state index contributed by atoms with van der Waals surface area (Å²) in [6.45, 7) is 11.1. The molecule has 0 fully saturated rings. The molecule has 0 saturated carbocycles. The van der Waals surface area contributed by atoms with Gasteiger partial charge in [-0.05, 0) is 74.7 Å². The predicted octanol–water partition coefficient (Wildman–Crippen LogP) is 4.90. The molecule has 3 nitrogen and oxygen atoms in total. The Morgan fingerprint density at radius 2 is 1.81 bits per heavy atom. The second-order valence-corrected chi connectivity index (χ2v) is 7.48. The van der Waals surface area contributed by atoms with E-state index in [1.54, 1.807) is 13.8 Å². The summed E-state index contributed by atoms with van der Waals surface area (Å²) in [6.07, 6.45) is 2.12. The van der Waals surface area contributed by atoms with Crippen LogP contribution in [0.5, 0.6) is 5.75 Å². The van der Waals surface area contributed by atoms with E-state index in [1.807, 2.05) is 39.0 Å². The molecule has 0 aliphatic rings. The molecule has 0 bridgehead atoms. The van der Waals surface area contributed by atoms with Crippen LogP contribution in [0, 0.1) is 0 Å². The molecule has 1 rings (SSSR count). The monoisotopic (exact) mass is 356 g/mol. The van der Waals surface area contributed by atoms with Crippen LogP contribution >= 0.6 is 15.9 Å². The Morgan fingerprint density at radius 1 is 1.19 bits per heavy atom. The molecule has 0 aliphatic carbocycles. The average molecular weight is 357 g/mol. The smallest absolute Gasteiger partial charge is 0.350 e. The quantitative estimate of drug-likeness (QED) is 0.703. The molecule has 118 valence electrons. The van der Waals surface area contributed by atoms with Crippen molar-refractivity contribution in [3.8, 4) is 5.75 Å². The van der Waals surface area contributed by atoms with Crippen molar-refractivity contribution in [2.45, 2.75) is 65.6 Å². The van der Waals surface area contributed by atoms with Gasteiger partial charge < -0.3 is 9.47 Å². The van der Waals surface area contributed by atoms with Gasteiger partial charge in [-0.1, -0.05) is 19.4 Å².